The Labute approximate surface area is 111 Å². The number of hydrogen-bond acceptors (Lipinski definition) is 4. The van der Waals surface area contributed by atoms with Gasteiger partial charge in [0, 0.05) is 5.75 Å². The molecule has 0 saturated carbocycles. The van der Waals surface area contributed by atoms with Gasteiger partial charge in [0.25, 0.3) is 0 Å². The number of amides is 1. The van der Waals surface area contributed by atoms with Gasteiger partial charge >= 0.3 is 0 Å². The maximum Gasteiger partial charge on any atom is 0.241 e. The molecule has 0 aliphatic carbocycles. The highest BCUT2D eigenvalue weighted by atomic mass is 32.2. The van der Waals surface area contributed by atoms with Crippen LogP contribution < -0.4 is 11.3 Å². The number of rotatable bonds is 5. The molecule has 5 heteroatoms. The number of carbonyl (C=O) groups is 1. The third-order valence-corrected chi connectivity index (χ3v) is 4.35. The molecule has 1 saturated heterocycles. The molecular weight excluding hydrogens is 248 g/mol. The van der Waals surface area contributed by atoms with Crippen LogP contribution in [0.5, 0.6) is 0 Å². The van der Waals surface area contributed by atoms with Crippen molar-refractivity contribution in [3.63, 3.8) is 0 Å². The third kappa shape index (κ3) is 3.25. The summed E-state index contributed by atoms with van der Waals surface area (Å²) >= 11 is 1.92. The fourth-order valence-corrected chi connectivity index (χ4v) is 2.71. The number of nitrogens with two attached hydrogens (primary N) is 1. The monoisotopic (exact) mass is 266 g/mol. The molecule has 0 radical (unpaired) electrons. The molecule has 18 heavy (non-hydrogen) atoms. The van der Waals surface area contributed by atoms with E-state index in [9.17, 15) is 4.79 Å². The van der Waals surface area contributed by atoms with Gasteiger partial charge in [0.05, 0.1) is 24.4 Å². The van der Waals surface area contributed by atoms with E-state index in [1.807, 2.05) is 30.8 Å². The Morgan fingerprint density at radius 1 is 1.50 bits per heavy atom. The Morgan fingerprint density at radius 3 is 2.67 bits per heavy atom. The summed E-state index contributed by atoms with van der Waals surface area (Å²) in [6.45, 7) is 3.59. The van der Waals surface area contributed by atoms with Crippen molar-refractivity contribution in [2.45, 2.75) is 23.8 Å². The van der Waals surface area contributed by atoms with E-state index in [1.54, 1.807) is 0 Å². The van der Waals surface area contributed by atoms with Crippen LogP contribution in [0.4, 0.5) is 0 Å². The van der Waals surface area contributed by atoms with Gasteiger partial charge in [0.15, 0.2) is 0 Å². The van der Waals surface area contributed by atoms with Gasteiger partial charge in [-0.15, -0.1) is 11.8 Å². The summed E-state index contributed by atoms with van der Waals surface area (Å²) in [6, 6.07) is 8.13. The summed E-state index contributed by atoms with van der Waals surface area (Å²) in [5, 5.41) is 0.645. The lowest BCUT2D eigenvalue weighted by molar-refractivity contribution is -0.122. The zero-order valence-corrected chi connectivity index (χ0v) is 11.2. The number of hydrazine groups is 1. The van der Waals surface area contributed by atoms with Crippen LogP contribution in [0.1, 0.15) is 24.0 Å². The molecule has 1 aromatic rings. The standard InChI is InChI=1S/C13H18N2O2S/c1-9(13(16)15-14)11-4-2-10(3-5-11)8-18-12-6-17-7-12/h2-5,9,12H,6-8,14H2,1H3,(H,15,16). The molecule has 0 bridgehead atoms. The van der Waals surface area contributed by atoms with Gasteiger partial charge in [-0.2, -0.15) is 0 Å². The van der Waals surface area contributed by atoms with E-state index in [0.29, 0.717) is 5.25 Å². The Bertz CT molecular complexity index is 404. The summed E-state index contributed by atoms with van der Waals surface area (Å²) < 4.78 is 5.14. The van der Waals surface area contributed by atoms with E-state index in [0.717, 1.165) is 24.5 Å². The summed E-state index contributed by atoms with van der Waals surface area (Å²) in [5.74, 6) is 5.75. The molecule has 0 aromatic heterocycles. The quantitative estimate of drug-likeness (QED) is 0.480. The molecule has 1 aliphatic rings. The zero-order valence-electron chi connectivity index (χ0n) is 10.4. The molecule has 2 rings (SSSR count). The molecule has 4 nitrogen and oxygen atoms in total. The van der Waals surface area contributed by atoms with Crippen LogP contribution in [0, 0.1) is 0 Å². The second-order valence-corrected chi connectivity index (χ2v) is 5.73. The van der Waals surface area contributed by atoms with Gasteiger partial charge in [-0.1, -0.05) is 24.3 Å². The van der Waals surface area contributed by atoms with Crippen molar-refractivity contribution < 1.29 is 9.53 Å². The van der Waals surface area contributed by atoms with Crippen LogP contribution in [-0.2, 0) is 15.3 Å². The van der Waals surface area contributed by atoms with Crippen molar-refractivity contribution in [3.05, 3.63) is 35.4 Å². The highest BCUT2D eigenvalue weighted by Crippen LogP contribution is 2.24. The normalized spacial score (nSPS) is 17.0. The van der Waals surface area contributed by atoms with Crippen molar-refractivity contribution >= 4 is 17.7 Å². The molecule has 0 spiro atoms. The van der Waals surface area contributed by atoms with Crippen molar-refractivity contribution in [2.24, 2.45) is 5.84 Å². The van der Waals surface area contributed by atoms with Crippen molar-refractivity contribution in [1.29, 1.82) is 0 Å². The van der Waals surface area contributed by atoms with Crippen LogP contribution >= 0.6 is 11.8 Å². The van der Waals surface area contributed by atoms with Gasteiger partial charge in [-0.25, -0.2) is 5.84 Å². The maximum absolute atomic E-state index is 11.4. The number of benzene rings is 1. The zero-order chi connectivity index (χ0) is 13.0. The molecule has 3 N–H and O–H groups in total. The highest BCUT2D eigenvalue weighted by molar-refractivity contribution is 7.99. The topological polar surface area (TPSA) is 64.4 Å². The van der Waals surface area contributed by atoms with Crippen LogP contribution in [0.3, 0.4) is 0 Å². The third-order valence-electron chi connectivity index (χ3n) is 3.11. The average Bonchev–Trinajstić information content (AvgIpc) is 2.36. The van der Waals surface area contributed by atoms with Crippen molar-refractivity contribution in [2.75, 3.05) is 13.2 Å². The minimum Gasteiger partial charge on any atom is -0.379 e. The Hall–Kier alpha value is -1.04. The van der Waals surface area contributed by atoms with Crippen LogP contribution in [0.15, 0.2) is 24.3 Å². The second kappa shape index (κ2) is 6.22. The first-order valence-electron chi connectivity index (χ1n) is 5.99. The lowest BCUT2D eigenvalue weighted by Gasteiger charge is -2.25. The summed E-state index contributed by atoms with van der Waals surface area (Å²) in [4.78, 5) is 11.4. The average molecular weight is 266 g/mol. The van der Waals surface area contributed by atoms with E-state index in [-0.39, 0.29) is 11.8 Å². The smallest absolute Gasteiger partial charge is 0.241 e. The maximum atomic E-state index is 11.4. The van der Waals surface area contributed by atoms with E-state index in [2.05, 4.69) is 17.6 Å². The number of carbonyl (C=O) groups excluding carboxylic acids is 1. The summed E-state index contributed by atoms with van der Waals surface area (Å²) in [6.07, 6.45) is 0. The minimum absolute atomic E-state index is 0.163. The first-order valence-corrected chi connectivity index (χ1v) is 7.04. The van der Waals surface area contributed by atoms with E-state index >= 15 is 0 Å². The highest BCUT2D eigenvalue weighted by Gasteiger charge is 2.18. The molecule has 1 aliphatic heterocycles. The molecule has 1 atom stereocenters. The molecule has 1 heterocycles. The van der Waals surface area contributed by atoms with Crippen LogP contribution in [-0.4, -0.2) is 24.4 Å². The van der Waals surface area contributed by atoms with Crippen molar-refractivity contribution in [3.8, 4) is 0 Å². The first kappa shape index (κ1) is 13.4. The fourth-order valence-electron chi connectivity index (χ4n) is 1.70. The molecule has 1 amide bonds. The molecule has 98 valence electrons. The summed E-state index contributed by atoms with van der Waals surface area (Å²) in [7, 11) is 0. The lowest BCUT2D eigenvalue weighted by Crippen LogP contribution is -2.33. The molecule has 1 unspecified atom stereocenters. The van der Waals surface area contributed by atoms with E-state index in [4.69, 9.17) is 10.6 Å². The lowest BCUT2D eigenvalue weighted by atomic mass is 9.99. The van der Waals surface area contributed by atoms with Gasteiger partial charge in [-0.3, -0.25) is 10.2 Å². The SMILES string of the molecule is CC(C(=O)NN)c1ccc(CSC2COC2)cc1. The number of hydrogen-bond donors (Lipinski definition) is 2. The first-order chi connectivity index (χ1) is 8.70. The fraction of sp³-hybridized carbons (Fsp3) is 0.462. The van der Waals surface area contributed by atoms with E-state index in [1.165, 1.54) is 5.56 Å². The van der Waals surface area contributed by atoms with Crippen molar-refractivity contribution in [1.82, 2.24) is 5.43 Å². The van der Waals surface area contributed by atoms with Gasteiger partial charge in [0.2, 0.25) is 5.91 Å². The Balaban J connectivity index is 1.89. The van der Waals surface area contributed by atoms with Gasteiger partial charge in [-0.05, 0) is 18.1 Å². The number of thioether (sulfide) groups is 1. The largest absolute Gasteiger partial charge is 0.379 e. The predicted molar refractivity (Wildman–Crippen MR) is 73.1 cm³/mol. The number of ether oxygens (including phenoxy) is 1. The number of nitrogens with one attached hydrogen (secondary N) is 1. The molecule has 1 aromatic carbocycles. The Kier molecular flexibility index (Phi) is 4.63. The van der Waals surface area contributed by atoms with Gasteiger partial charge < -0.3 is 4.74 Å². The van der Waals surface area contributed by atoms with Gasteiger partial charge in [0.1, 0.15) is 0 Å². The minimum atomic E-state index is -0.211. The second-order valence-electron chi connectivity index (χ2n) is 4.44. The molecular formula is C13H18N2O2S. The van der Waals surface area contributed by atoms with Crippen LogP contribution in [0.25, 0.3) is 0 Å². The molecule has 1 fully saturated rings. The Morgan fingerprint density at radius 2 is 2.17 bits per heavy atom. The van der Waals surface area contributed by atoms with E-state index < -0.39 is 0 Å². The summed E-state index contributed by atoms with van der Waals surface area (Å²) in [5.41, 5.74) is 4.44. The van der Waals surface area contributed by atoms with Crippen LogP contribution in [0.2, 0.25) is 0 Å². The predicted octanol–water partition coefficient (Wildman–Crippen LogP) is 1.41.